The van der Waals surface area contributed by atoms with Crippen molar-refractivity contribution >= 4 is 63.1 Å². The Hall–Kier alpha value is -2.28. The van der Waals surface area contributed by atoms with Gasteiger partial charge in [0.15, 0.2) is 10.8 Å². The van der Waals surface area contributed by atoms with Crippen LogP contribution in [0.1, 0.15) is 17.5 Å². The van der Waals surface area contributed by atoms with Gasteiger partial charge >= 0.3 is 0 Å². The third-order valence-corrected chi connectivity index (χ3v) is 6.32. The van der Waals surface area contributed by atoms with Gasteiger partial charge in [-0.15, -0.1) is 10.2 Å². The molecule has 1 N–H and O–H groups in total. The number of nitrogens with zero attached hydrogens (tertiary/aromatic N) is 3. The van der Waals surface area contributed by atoms with E-state index in [0.29, 0.717) is 27.9 Å². The number of rotatable bonds is 5. The van der Waals surface area contributed by atoms with Crippen LogP contribution in [0.4, 0.5) is 5.69 Å². The SMILES string of the molecule is Cc1cc2nnc(SCCC(=O)Nc3ccc(Cl)c(Cl)c3)n2c2c(C)cccc12. The van der Waals surface area contributed by atoms with Gasteiger partial charge < -0.3 is 5.32 Å². The van der Waals surface area contributed by atoms with Crippen molar-refractivity contribution in [3.05, 3.63) is 63.6 Å². The van der Waals surface area contributed by atoms with Crippen LogP contribution < -0.4 is 5.32 Å². The van der Waals surface area contributed by atoms with E-state index in [1.807, 2.05) is 6.07 Å². The van der Waals surface area contributed by atoms with E-state index in [1.54, 1.807) is 18.2 Å². The normalized spacial score (nSPS) is 11.3. The third-order valence-electron chi connectivity index (χ3n) is 4.65. The fourth-order valence-electron chi connectivity index (χ4n) is 3.26. The summed E-state index contributed by atoms with van der Waals surface area (Å²) in [6.45, 7) is 4.16. The molecule has 148 valence electrons. The average molecular weight is 445 g/mol. The summed E-state index contributed by atoms with van der Waals surface area (Å²) in [5.41, 5.74) is 4.87. The van der Waals surface area contributed by atoms with Crippen molar-refractivity contribution in [3.8, 4) is 0 Å². The number of benzene rings is 2. The molecule has 8 heteroatoms. The highest BCUT2D eigenvalue weighted by atomic mass is 35.5. The smallest absolute Gasteiger partial charge is 0.225 e. The zero-order valence-corrected chi connectivity index (χ0v) is 18.2. The van der Waals surface area contributed by atoms with E-state index in [0.717, 1.165) is 21.9 Å². The molecular formula is C21H18Cl2N4OS. The molecule has 4 aromatic rings. The lowest BCUT2D eigenvalue weighted by atomic mass is 10.1. The minimum absolute atomic E-state index is 0.0957. The second-order valence-corrected chi connectivity index (χ2v) is 8.63. The predicted molar refractivity (Wildman–Crippen MR) is 120 cm³/mol. The van der Waals surface area contributed by atoms with Crippen molar-refractivity contribution in [2.75, 3.05) is 11.1 Å². The molecule has 2 aromatic carbocycles. The Morgan fingerprint density at radius 1 is 1.07 bits per heavy atom. The highest BCUT2D eigenvalue weighted by molar-refractivity contribution is 7.99. The molecule has 0 unspecified atom stereocenters. The van der Waals surface area contributed by atoms with Gasteiger partial charge in [0.2, 0.25) is 5.91 Å². The highest BCUT2D eigenvalue weighted by Crippen LogP contribution is 2.28. The lowest BCUT2D eigenvalue weighted by Gasteiger charge is -2.10. The fourth-order valence-corrected chi connectivity index (χ4v) is 4.44. The zero-order chi connectivity index (χ0) is 20.5. The molecule has 0 aliphatic heterocycles. The highest BCUT2D eigenvalue weighted by Gasteiger charge is 2.14. The molecule has 5 nitrogen and oxygen atoms in total. The van der Waals surface area contributed by atoms with Crippen LogP contribution in [-0.4, -0.2) is 26.3 Å². The van der Waals surface area contributed by atoms with Crippen LogP contribution in [0.15, 0.2) is 47.6 Å². The summed E-state index contributed by atoms with van der Waals surface area (Å²) in [7, 11) is 0. The summed E-state index contributed by atoms with van der Waals surface area (Å²) in [4.78, 5) is 12.3. The minimum Gasteiger partial charge on any atom is -0.326 e. The molecule has 0 aliphatic rings. The molecule has 2 heterocycles. The largest absolute Gasteiger partial charge is 0.326 e. The summed E-state index contributed by atoms with van der Waals surface area (Å²) in [6.07, 6.45) is 0.336. The second kappa shape index (κ2) is 8.22. The summed E-state index contributed by atoms with van der Waals surface area (Å²) >= 11 is 13.4. The number of aromatic nitrogens is 3. The van der Waals surface area contributed by atoms with Crippen LogP contribution in [-0.2, 0) is 4.79 Å². The van der Waals surface area contributed by atoms with Gasteiger partial charge in [-0.2, -0.15) is 0 Å². The van der Waals surface area contributed by atoms with Gasteiger partial charge in [0, 0.05) is 23.2 Å². The number of nitrogens with one attached hydrogen (secondary N) is 1. The number of carbonyl (C=O) groups excluding carboxylic acids is 1. The Morgan fingerprint density at radius 2 is 1.90 bits per heavy atom. The number of aryl methyl sites for hydroxylation is 2. The van der Waals surface area contributed by atoms with Crippen molar-refractivity contribution in [2.45, 2.75) is 25.4 Å². The second-order valence-electron chi connectivity index (χ2n) is 6.75. The minimum atomic E-state index is -0.0957. The van der Waals surface area contributed by atoms with Gasteiger partial charge in [-0.3, -0.25) is 9.20 Å². The molecule has 0 fully saturated rings. The Labute approximate surface area is 182 Å². The van der Waals surface area contributed by atoms with Crippen LogP contribution in [0.25, 0.3) is 16.6 Å². The molecular weight excluding hydrogens is 427 g/mol. The molecule has 0 spiro atoms. The van der Waals surface area contributed by atoms with Crippen LogP contribution in [0.5, 0.6) is 0 Å². The standard InChI is InChI=1S/C21H18Cl2N4OS/c1-12-4-3-5-15-13(2)10-18-25-26-21(27(18)20(12)15)29-9-8-19(28)24-14-6-7-16(22)17(23)11-14/h3-7,10-11H,8-9H2,1-2H3,(H,24,28). The van der Waals surface area contributed by atoms with Crippen molar-refractivity contribution in [3.63, 3.8) is 0 Å². The topological polar surface area (TPSA) is 59.3 Å². The van der Waals surface area contributed by atoms with Crippen LogP contribution in [0, 0.1) is 13.8 Å². The molecule has 2 aromatic heterocycles. The Morgan fingerprint density at radius 3 is 2.69 bits per heavy atom. The third kappa shape index (κ3) is 4.06. The maximum Gasteiger partial charge on any atom is 0.225 e. The molecule has 0 atom stereocenters. The number of anilines is 1. The van der Waals surface area contributed by atoms with Gasteiger partial charge in [-0.1, -0.05) is 53.2 Å². The molecule has 0 bridgehead atoms. The molecule has 1 amide bonds. The van der Waals surface area contributed by atoms with Crippen molar-refractivity contribution in [1.82, 2.24) is 14.6 Å². The van der Waals surface area contributed by atoms with E-state index in [1.165, 1.54) is 22.7 Å². The van der Waals surface area contributed by atoms with E-state index in [9.17, 15) is 4.79 Å². The first-order valence-corrected chi connectivity index (χ1v) is 10.8. The molecule has 0 saturated heterocycles. The van der Waals surface area contributed by atoms with Crippen LogP contribution in [0.3, 0.4) is 0 Å². The lowest BCUT2D eigenvalue weighted by molar-refractivity contribution is -0.115. The summed E-state index contributed by atoms with van der Waals surface area (Å²) < 4.78 is 2.07. The fraction of sp³-hybridized carbons (Fsp3) is 0.190. The van der Waals surface area contributed by atoms with Gasteiger partial charge in [-0.05, 0) is 49.2 Å². The number of pyridine rings is 1. The van der Waals surface area contributed by atoms with E-state index >= 15 is 0 Å². The number of hydrogen-bond acceptors (Lipinski definition) is 4. The van der Waals surface area contributed by atoms with Crippen LogP contribution in [0.2, 0.25) is 10.0 Å². The van der Waals surface area contributed by atoms with Gasteiger partial charge in [0.1, 0.15) is 0 Å². The van der Waals surface area contributed by atoms with Gasteiger partial charge in [0.05, 0.1) is 15.6 Å². The number of fused-ring (bicyclic) bond motifs is 3. The monoisotopic (exact) mass is 444 g/mol. The number of para-hydroxylation sites is 1. The number of thioether (sulfide) groups is 1. The van der Waals surface area contributed by atoms with Crippen molar-refractivity contribution in [2.24, 2.45) is 0 Å². The maximum atomic E-state index is 12.3. The van der Waals surface area contributed by atoms with E-state index in [4.69, 9.17) is 23.2 Å². The zero-order valence-electron chi connectivity index (χ0n) is 15.9. The molecule has 29 heavy (non-hydrogen) atoms. The maximum absolute atomic E-state index is 12.3. The lowest BCUT2D eigenvalue weighted by Crippen LogP contribution is -2.12. The van der Waals surface area contributed by atoms with Crippen LogP contribution >= 0.6 is 35.0 Å². The number of amides is 1. The molecule has 4 rings (SSSR count). The molecule has 0 saturated carbocycles. The van der Waals surface area contributed by atoms with E-state index < -0.39 is 0 Å². The van der Waals surface area contributed by atoms with Crippen molar-refractivity contribution < 1.29 is 4.79 Å². The van der Waals surface area contributed by atoms with E-state index in [-0.39, 0.29) is 5.91 Å². The van der Waals surface area contributed by atoms with Gasteiger partial charge in [-0.25, -0.2) is 0 Å². The molecule has 0 aliphatic carbocycles. The number of halogens is 2. The number of carbonyl (C=O) groups is 1. The Bertz CT molecular complexity index is 1240. The Balaban J connectivity index is 1.50. The van der Waals surface area contributed by atoms with Gasteiger partial charge in [0.25, 0.3) is 0 Å². The Kier molecular flexibility index (Phi) is 5.67. The van der Waals surface area contributed by atoms with E-state index in [2.05, 4.69) is 52.0 Å². The number of hydrogen-bond donors (Lipinski definition) is 1. The summed E-state index contributed by atoms with van der Waals surface area (Å²) in [5, 5.41) is 14.3. The quantitative estimate of drug-likeness (QED) is 0.387. The first kappa shape index (κ1) is 20.0. The predicted octanol–water partition coefficient (Wildman–Crippen LogP) is 5.93. The first-order chi connectivity index (χ1) is 13.9. The van der Waals surface area contributed by atoms with Crippen molar-refractivity contribution in [1.29, 1.82) is 0 Å². The summed E-state index contributed by atoms with van der Waals surface area (Å²) in [6, 6.07) is 13.3. The first-order valence-electron chi connectivity index (χ1n) is 9.06. The average Bonchev–Trinajstić information content (AvgIpc) is 3.07. The summed E-state index contributed by atoms with van der Waals surface area (Å²) in [5.74, 6) is 0.483. The molecule has 0 radical (unpaired) electrons.